The molecule has 0 aliphatic rings. The molecular formula is C12H12N2O4. The third-order valence-electron chi connectivity index (χ3n) is 2.35. The molecule has 1 aromatic heterocycles. The van der Waals surface area contributed by atoms with Gasteiger partial charge in [0.25, 0.3) is 5.56 Å². The van der Waals surface area contributed by atoms with Crippen LogP contribution in [0.25, 0.3) is 5.69 Å². The third-order valence-corrected chi connectivity index (χ3v) is 2.35. The second-order valence-corrected chi connectivity index (χ2v) is 3.58. The molecule has 0 aliphatic carbocycles. The van der Waals surface area contributed by atoms with Gasteiger partial charge in [0.2, 0.25) is 5.88 Å². The van der Waals surface area contributed by atoms with Crippen LogP contribution in [0.1, 0.15) is 17.3 Å². The Balaban J connectivity index is 2.30. The van der Waals surface area contributed by atoms with Crippen LogP contribution in [0, 0.1) is 0 Å². The number of nitrogens with one attached hydrogen (secondary N) is 1. The number of aromatic nitrogens is 2. The van der Waals surface area contributed by atoms with E-state index in [0.717, 1.165) is 6.07 Å². The summed E-state index contributed by atoms with van der Waals surface area (Å²) in [7, 11) is 0. The number of nitrogens with zero attached hydrogens (tertiary/aromatic N) is 1. The standard InChI is InChI=1S/C12H12N2O4/c1-2-18-12(17)8-3-5-9(6-4-8)14-11(16)7-10(15)13-14/h3-7,16H,2H2,1H3,(H,13,15). The van der Waals surface area contributed by atoms with Gasteiger partial charge in [-0.2, -0.15) is 0 Å². The lowest BCUT2D eigenvalue weighted by molar-refractivity contribution is 0.0526. The van der Waals surface area contributed by atoms with E-state index in [1.54, 1.807) is 31.2 Å². The van der Waals surface area contributed by atoms with Crippen LogP contribution < -0.4 is 5.56 Å². The van der Waals surface area contributed by atoms with Crippen molar-refractivity contribution < 1.29 is 14.6 Å². The van der Waals surface area contributed by atoms with Crippen LogP contribution in [-0.2, 0) is 4.74 Å². The van der Waals surface area contributed by atoms with Crippen LogP contribution >= 0.6 is 0 Å². The van der Waals surface area contributed by atoms with Gasteiger partial charge in [-0.25, -0.2) is 9.48 Å². The number of hydrogen-bond acceptors (Lipinski definition) is 4. The van der Waals surface area contributed by atoms with Crippen molar-refractivity contribution in [1.29, 1.82) is 0 Å². The van der Waals surface area contributed by atoms with Crippen molar-refractivity contribution >= 4 is 5.97 Å². The lowest BCUT2D eigenvalue weighted by Gasteiger charge is -2.05. The summed E-state index contributed by atoms with van der Waals surface area (Å²) in [6.45, 7) is 2.04. The maximum absolute atomic E-state index is 11.4. The van der Waals surface area contributed by atoms with Crippen molar-refractivity contribution in [3.63, 3.8) is 0 Å². The van der Waals surface area contributed by atoms with Crippen LogP contribution in [-0.4, -0.2) is 27.5 Å². The van der Waals surface area contributed by atoms with Crippen LogP contribution in [0.3, 0.4) is 0 Å². The normalized spacial score (nSPS) is 10.3. The largest absolute Gasteiger partial charge is 0.493 e. The molecule has 94 valence electrons. The van der Waals surface area contributed by atoms with Gasteiger partial charge in [-0.15, -0.1) is 0 Å². The van der Waals surface area contributed by atoms with Crippen LogP contribution in [0.4, 0.5) is 0 Å². The van der Waals surface area contributed by atoms with E-state index in [1.807, 2.05) is 0 Å². The Labute approximate surface area is 102 Å². The predicted molar refractivity (Wildman–Crippen MR) is 64.0 cm³/mol. The average Bonchev–Trinajstić information content (AvgIpc) is 2.69. The lowest BCUT2D eigenvalue weighted by Crippen LogP contribution is -2.06. The first-order valence-electron chi connectivity index (χ1n) is 5.40. The third kappa shape index (κ3) is 2.27. The SMILES string of the molecule is CCOC(=O)c1ccc(-n2[nH]c(=O)cc2O)cc1. The van der Waals surface area contributed by atoms with Crippen molar-refractivity contribution in [3.05, 3.63) is 46.2 Å². The zero-order chi connectivity index (χ0) is 13.1. The molecule has 2 rings (SSSR count). The molecule has 2 N–H and O–H groups in total. The smallest absolute Gasteiger partial charge is 0.338 e. The monoisotopic (exact) mass is 248 g/mol. The molecule has 0 unspecified atom stereocenters. The minimum Gasteiger partial charge on any atom is -0.493 e. The minimum atomic E-state index is -0.408. The van der Waals surface area contributed by atoms with Gasteiger partial charge in [-0.05, 0) is 31.2 Å². The van der Waals surface area contributed by atoms with Gasteiger partial charge in [-0.3, -0.25) is 9.89 Å². The quantitative estimate of drug-likeness (QED) is 0.795. The fraction of sp³-hybridized carbons (Fsp3) is 0.167. The van der Waals surface area contributed by atoms with Gasteiger partial charge >= 0.3 is 5.97 Å². The number of carbonyl (C=O) groups is 1. The summed E-state index contributed by atoms with van der Waals surface area (Å²) in [6.07, 6.45) is 0. The summed E-state index contributed by atoms with van der Waals surface area (Å²) >= 11 is 0. The van der Waals surface area contributed by atoms with Crippen molar-refractivity contribution in [1.82, 2.24) is 9.78 Å². The highest BCUT2D eigenvalue weighted by molar-refractivity contribution is 5.89. The fourth-order valence-corrected chi connectivity index (χ4v) is 1.54. The van der Waals surface area contributed by atoms with E-state index >= 15 is 0 Å². The molecular weight excluding hydrogens is 236 g/mol. The number of carbonyl (C=O) groups excluding carboxylic acids is 1. The molecule has 0 aliphatic heterocycles. The number of esters is 1. The van der Waals surface area contributed by atoms with Gasteiger partial charge in [0.15, 0.2) is 0 Å². The summed E-state index contributed by atoms with van der Waals surface area (Å²) in [4.78, 5) is 22.5. The zero-order valence-electron chi connectivity index (χ0n) is 9.71. The van der Waals surface area contributed by atoms with E-state index in [1.165, 1.54) is 4.68 Å². The molecule has 2 aromatic rings. The number of benzene rings is 1. The maximum atomic E-state index is 11.4. The molecule has 0 spiro atoms. The summed E-state index contributed by atoms with van der Waals surface area (Å²) in [6, 6.07) is 7.39. The van der Waals surface area contributed by atoms with E-state index in [2.05, 4.69) is 5.10 Å². The Hall–Kier alpha value is -2.50. The Bertz CT molecular complexity index is 610. The lowest BCUT2D eigenvalue weighted by atomic mass is 10.2. The minimum absolute atomic E-state index is 0.191. The second kappa shape index (κ2) is 4.79. The van der Waals surface area contributed by atoms with Crippen molar-refractivity contribution in [2.75, 3.05) is 6.61 Å². The highest BCUT2D eigenvalue weighted by Crippen LogP contribution is 2.14. The van der Waals surface area contributed by atoms with E-state index in [4.69, 9.17) is 4.74 Å². The molecule has 6 heteroatoms. The zero-order valence-corrected chi connectivity index (χ0v) is 9.71. The first kappa shape index (κ1) is 12.0. The van der Waals surface area contributed by atoms with Gasteiger partial charge in [0.1, 0.15) is 0 Å². The van der Waals surface area contributed by atoms with Gasteiger partial charge < -0.3 is 9.84 Å². The number of rotatable bonds is 3. The summed E-state index contributed by atoms with van der Waals surface area (Å²) in [5.41, 5.74) is 0.555. The van der Waals surface area contributed by atoms with Crippen molar-refractivity contribution in [2.45, 2.75) is 6.92 Å². The van der Waals surface area contributed by atoms with Gasteiger partial charge in [0, 0.05) is 0 Å². The molecule has 18 heavy (non-hydrogen) atoms. The molecule has 0 amide bonds. The number of aromatic hydroxyl groups is 1. The van der Waals surface area contributed by atoms with Crippen LogP contribution in [0.2, 0.25) is 0 Å². The van der Waals surface area contributed by atoms with E-state index in [9.17, 15) is 14.7 Å². The Morgan fingerprint density at radius 2 is 2.06 bits per heavy atom. The number of hydrogen-bond donors (Lipinski definition) is 2. The topological polar surface area (TPSA) is 84.3 Å². The molecule has 1 aromatic carbocycles. The van der Waals surface area contributed by atoms with E-state index in [-0.39, 0.29) is 5.88 Å². The second-order valence-electron chi connectivity index (χ2n) is 3.58. The molecule has 6 nitrogen and oxygen atoms in total. The summed E-state index contributed by atoms with van der Waals surface area (Å²) in [5, 5.41) is 11.9. The van der Waals surface area contributed by atoms with Crippen LogP contribution in [0.5, 0.6) is 5.88 Å². The fourth-order valence-electron chi connectivity index (χ4n) is 1.54. The van der Waals surface area contributed by atoms with Crippen LogP contribution in [0.15, 0.2) is 35.1 Å². The molecule has 0 atom stereocenters. The molecule has 0 fully saturated rings. The number of aromatic amines is 1. The highest BCUT2D eigenvalue weighted by Gasteiger charge is 2.08. The number of ether oxygens (including phenoxy) is 1. The molecule has 1 heterocycles. The van der Waals surface area contributed by atoms with Gasteiger partial charge in [-0.1, -0.05) is 0 Å². The summed E-state index contributed by atoms with van der Waals surface area (Å²) in [5.74, 6) is -0.599. The first-order chi connectivity index (χ1) is 8.61. The highest BCUT2D eigenvalue weighted by atomic mass is 16.5. The van der Waals surface area contributed by atoms with Gasteiger partial charge in [0.05, 0.1) is 23.9 Å². The average molecular weight is 248 g/mol. The predicted octanol–water partition coefficient (Wildman–Crippen LogP) is 1.05. The van der Waals surface area contributed by atoms with E-state index < -0.39 is 11.5 Å². The van der Waals surface area contributed by atoms with E-state index in [0.29, 0.717) is 17.9 Å². The van der Waals surface area contributed by atoms with Crippen molar-refractivity contribution in [2.24, 2.45) is 0 Å². The molecule has 0 bridgehead atoms. The first-order valence-corrected chi connectivity index (χ1v) is 5.40. The molecule has 0 radical (unpaired) electrons. The Morgan fingerprint density at radius 3 is 2.56 bits per heavy atom. The maximum Gasteiger partial charge on any atom is 0.338 e. The van der Waals surface area contributed by atoms with Crippen molar-refractivity contribution in [3.8, 4) is 11.6 Å². The number of H-pyrrole nitrogens is 1. The molecule has 0 saturated heterocycles. The Kier molecular flexibility index (Phi) is 3.18. The summed E-state index contributed by atoms with van der Waals surface area (Å²) < 4.78 is 6.07. The Morgan fingerprint density at radius 1 is 1.39 bits per heavy atom. The molecule has 0 saturated carbocycles.